The van der Waals surface area contributed by atoms with E-state index in [0.717, 1.165) is 75.7 Å². The highest BCUT2D eigenvalue weighted by atomic mass is 79.9. The van der Waals surface area contributed by atoms with E-state index >= 15 is 0 Å². The van der Waals surface area contributed by atoms with Crippen molar-refractivity contribution in [3.8, 4) is 0 Å². The first-order valence-electron chi connectivity index (χ1n) is 22.8. The van der Waals surface area contributed by atoms with Gasteiger partial charge in [0.25, 0.3) is 23.6 Å². The van der Waals surface area contributed by atoms with Gasteiger partial charge in [-0.1, -0.05) is 40.2 Å². The average molecular weight is 952 g/mol. The average Bonchev–Trinajstić information content (AvgIpc) is 3.64. The number of amides is 6. The van der Waals surface area contributed by atoms with Gasteiger partial charge in [-0.05, 0) is 107 Å². The molecule has 5 aliphatic rings. The van der Waals surface area contributed by atoms with Gasteiger partial charge < -0.3 is 35.1 Å². The lowest BCUT2D eigenvalue weighted by Crippen LogP contribution is -2.46. The number of aromatic nitrogens is 1. The number of piperazine rings is 1. The van der Waals surface area contributed by atoms with Gasteiger partial charge in [0.15, 0.2) is 11.6 Å². The Morgan fingerprint density at radius 3 is 2.14 bits per heavy atom. The van der Waals surface area contributed by atoms with Crippen LogP contribution in [0.3, 0.4) is 0 Å². The number of carbonyl (C=O) groups is 6. The molecular formula is C49H59BrN8O7. The van der Waals surface area contributed by atoms with Crippen LogP contribution in [-0.4, -0.2) is 113 Å². The van der Waals surface area contributed by atoms with Crippen molar-refractivity contribution in [2.24, 2.45) is 0 Å². The molecule has 4 aliphatic heterocycles. The van der Waals surface area contributed by atoms with Crippen molar-refractivity contribution in [2.75, 3.05) is 66.3 Å². The molecule has 344 valence electrons. The fraction of sp³-hybridized carbons (Fsp3) is 0.449. The molecule has 3 saturated heterocycles. The van der Waals surface area contributed by atoms with Gasteiger partial charge in [-0.15, -0.1) is 0 Å². The predicted molar refractivity (Wildman–Crippen MR) is 253 cm³/mol. The molecule has 9 rings (SSSR count). The Hall–Kier alpha value is -6.03. The number of alkyl halides is 1. The number of anilines is 3. The molecule has 0 radical (unpaired) electrons. The number of hydrogen-bond acceptors (Lipinski definition) is 10. The van der Waals surface area contributed by atoms with E-state index in [1.165, 1.54) is 22.4 Å². The van der Waals surface area contributed by atoms with Gasteiger partial charge >= 0.3 is 0 Å². The van der Waals surface area contributed by atoms with Crippen LogP contribution in [0.4, 0.5) is 17.1 Å². The van der Waals surface area contributed by atoms with Crippen molar-refractivity contribution in [1.29, 1.82) is 0 Å². The molecule has 15 nitrogen and oxygen atoms in total. The number of halogens is 1. The summed E-state index contributed by atoms with van der Waals surface area (Å²) < 4.78 is 5.55. The van der Waals surface area contributed by atoms with E-state index in [4.69, 9.17) is 4.42 Å². The second-order valence-electron chi connectivity index (χ2n) is 17.3. The number of likely N-dealkylation sites (tertiary alicyclic amines) is 1. The van der Waals surface area contributed by atoms with Crippen LogP contribution in [0.15, 0.2) is 77.4 Å². The second-order valence-corrected chi connectivity index (χ2v) is 18.1. The van der Waals surface area contributed by atoms with Crippen molar-refractivity contribution in [1.82, 2.24) is 25.4 Å². The summed E-state index contributed by atoms with van der Waals surface area (Å²) in [4.78, 5) is 84.6. The Bertz CT molecular complexity index is 2340. The van der Waals surface area contributed by atoms with Crippen LogP contribution < -0.4 is 25.8 Å². The minimum Gasteiger partial charge on any atom is -0.448 e. The summed E-state index contributed by atoms with van der Waals surface area (Å²) in [5.74, 6) is 0.379. The zero-order valence-corrected chi connectivity index (χ0v) is 39.0. The van der Waals surface area contributed by atoms with Crippen LogP contribution in [0.1, 0.15) is 124 Å². The monoisotopic (exact) mass is 950 g/mol. The maximum Gasteiger partial charge on any atom is 0.277 e. The number of fused-ring (bicyclic) bond motifs is 1. The quantitative estimate of drug-likeness (QED) is 0.0725. The molecule has 1 aliphatic carbocycles. The van der Waals surface area contributed by atoms with Gasteiger partial charge in [0, 0.05) is 93.2 Å². The van der Waals surface area contributed by atoms with E-state index < -0.39 is 0 Å². The highest BCUT2D eigenvalue weighted by molar-refractivity contribution is 9.09. The fourth-order valence-electron chi connectivity index (χ4n) is 8.38. The maximum atomic E-state index is 13.3. The number of nitrogens with zero attached hydrogens (tertiary/aromatic N) is 5. The molecule has 5 heterocycles. The minimum absolute atomic E-state index is 0.170. The first-order valence-corrected chi connectivity index (χ1v) is 23.9. The third-order valence-corrected chi connectivity index (χ3v) is 12.8. The van der Waals surface area contributed by atoms with Crippen molar-refractivity contribution < 1.29 is 33.2 Å². The van der Waals surface area contributed by atoms with Crippen LogP contribution in [0.25, 0.3) is 0 Å². The molecule has 16 heteroatoms. The number of benzene rings is 3. The van der Waals surface area contributed by atoms with Crippen LogP contribution in [0, 0.1) is 6.92 Å². The lowest BCUT2D eigenvalue weighted by Gasteiger charge is -2.38. The summed E-state index contributed by atoms with van der Waals surface area (Å²) in [5, 5.41) is 9.56. The number of hydrogen-bond donors (Lipinski definition) is 3. The van der Waals surface area contributed by atoms with E-state index in [2.05, 4.69) is 84.8 Å². The topological polar surface area (TPSA) is 178 Å². The van der Waals surface area contributed by atoms with Gasteiger partial charge in [-0.2, -0.15) is 0 Å². The van der Waals surface area contributed by atoms with Crippen molar-refractivity contribution in [2.45, 2.75) is 90.1 Å². The molecule has 3 aromatic carbocycles. The van der Waals surface area contributed by atoms with Crippen LogP contribution in [0.5, 0.6) is 0 Å². The lowest BCUT2D eigenvalue weighted by molar-refractivity contribution is -0.128. The highest BCUT2D eigenvalue weighted by Crippen LogP contribution is 2.39. The molecule has 0 spiro atoms. The van der Waals surface area contributed by atoms with E-state index in [1.807, 2.05) is 17.9 Å². The molecule has 0 bridgehead atoms. The molecule has 2 atom stereocenters. The van der Waals surface area contributed by atoms with Crippen LogP contribution >= 0.6 is 15.9 Å². The summed E-state index contributed by atoms with van der Waals surface area (Å²) in [7, 11) is 0. The number of nitrogens with one attached hydrogen (secondary N) is 3. The standard InChI is InChI=1S/C33H40N6O4.C11H10BrNO2.C5H9NO/c1-22-5-3-6-26(19-22)37-15-17-38(18-16-37)29-11-10-25(31(41)34-13-4-14-39-23(2)7-12-30(39)40)20-27(29)35-32(42)28-21-43-33(36-28)24-8-9-24;12-6-3-7-13-10(14)8-4-1-2-5-9(8)11(13)15;1-4-2-3-5(7)6-4/h3,5-6,10-11,19-21,23-24H,4,7-9,12-18H2,1-2H3,(H,34,41)(H,35,42);1-2,4-5H,3,6-7H2;4H,2-3H2,1H3,(H,6,7). The zero-order chi connectivity index (χ0) is 46.0. The van der Waals surface area contributed by atoms with E-state index in [1.54, 1.807) is 36.4 Å². The Morgan fingerprint density at radius 1 is 0.815 bits per heavy atom. The zero-order valence-electron chi connectivity index (χ0n) is 37.4. The first-order chi connectivity index (χ1) is 31.4. The van der Waals surface area contributed by atoms with Gasteiger partial charge in [0.2, 0.25) is 11.8 Å². The molecule has 1 saturated carbocycles. The molecule has 65 heavy (non-hydrogen) atoms. The number of oxazole rings is 1. The molecule has 4 fully saturated rings. The molecule has 1 aromatic heterocycles. The van der Waals surface area contributed by atoms with E-state index in [-0.39, 0.29) is 47.2 Å². The SMILES string of the molecule is CC1CCC(=O)N1.Cc1cccc(N2CCN(c3ccc(C(=O)NCCCN4C(=O)CCC4C)cc3NC(=O)c3coc(C4CC4)n3)CC2)c1.O=C1c2ccccc2C(=O)N1CCCBr. The van der Waals surface area contributed by atoms with E-state index in [0.29, 0.717) is 72.7 Å². The minimum atomic E-state index is -0.364. The number of imide groups is 1. The van der Waals surface area contributed by atoms with Gasteiger partial charge in [-0.25, -0.2) is 4.98 Å². The van der Waals surface area contributed by atoms with Crippen LogP contribution in [0.2, 0.25) is 0 Å². The maximum absolute atomic E-state index is 13.3. The summed E-state index contributed by atoms with van der Waals surface area (Å²) >= 11 is 3.28. The number of aryl methyl sites for hydroxylation is 1. The summed E-state index contributed by atoms with van der Waals surface area (Å²) in [5.41, 5.74) is 5.61. The Kier molecular flexibility index (Phi) is 15.7. The van der Waals surface area contributed by atoms with E-state index in [9.17, 15) is 28.8 Å². The largest absolute Gasteiger partial charge is 0.448 e. The number of carbonyl (C=O) groups excluding carboxylic acids is 6. The fourth-order valence-corrected chi connectivity index (χ4v) is 8.63. The Morgan fingerprint density at radius 2 is 1.54 bits per heavy atom. The number of rotatable bonds is 13. The van der Waals surface area contributed by atoms with Gasteiger partial charge in [0.1, 0.15) is 6.26 Å². The Labute approximate surface area is 388 Å². The third kappa shape index (κ3) is 12.0. The lowest BCUT2D eigenvalue weighted by atomic mass is 10.1. The first kappa shape index (κ1) is 46.9. The summed E-state index contributed by atoms with van der Waals surface area (Å²) in [6.07, 6.45) is 8.17. The van der Waals surface area contributed by atoms with Crippen LogP contribution in [-0.2, 0) is 9.59 Å². The van der Waals surface area contributed by atoms with Crippen molar-refractivity contribution in [3.63, 3.8) is 0 Å². The van der Waals surface area contributed by atoms with Crippen molar-refractivity contribution >= 4 is 68.4 Å². The second kappa shape index (κ2) is 21.8. The molecule has 2 unspecified atom stereocenters. The molecule has 4 aromatic rings. The van der Waals surface area contributed by atoms with Crippen molar-refractivity contribution in [3.05, 3.63) is 107 Å². The Balaban J connectivity index is 0.000000233. The molecule has 3 N–H and O–H groups in total. The highest BCUT2D eigenvalue weighted by Gasteiger charge is 2.34. The predicted octanol–water partition coefficient (Wildman–Crippen LogP) is 6.92. The normalized spacial score (nSPS) is 19.0. The smallest absolute Gasteiger partial charge is 0.277 e. The molecular weight excluding hydrogens is 892 g/mol. The molecule has 6 amide bonds. The third-order valence-electron chi connectivity index (χ3n) is 12.3. The van der Waals surface area contributed by atoms with Gasteiger partial charge in [0.05, 0.1) is 22.5 Å². The summed E-state index contributed by atoms with van der Waals surface area (Å²) in [6.45, 7) is 11.0. The summed E-state index contributed by atoms with van der Waals surface area (Å²) in [6, 6.07) is 21.6. The van der Waals surface area contributed by atoms with Gasteiger partial charge in [-0.3, -0.25) is 33.7 Å².